The molecule has 0 amide bonds. The topological polar surface area (TPSA) is 50.7 Å². The molecule has 0 atom stereocenters. The molecule has 96 valence electrons. The number of aryl methyl sites for hydroxylation is 2. The van der Waals surface area contributed by atoms with Crippen LogP contribution in [-0.4, -0.2) is 15.0 Å². The number of rotatable bonds is 3. The summed E-state index contributed by atoms with van der Waals surface area (Å²) in [7, 11) is 0. The van der Waals surface area contributed by atoms with E-state index < -0.39 is 0 Å². The van der Waals surface area contributed by atoms with Gasteiger partial charge in [-0.2, -0.15) is 0 Å². The highest BCUT2D eigenvalue weighted by atomic mass is 32.1. The first kappa shape index (κ1) is 12.0. The Morgan fingerprint density at radius 1 is 1.16 bits per heavy atom. The summed E-state index contributed by atoms with van der Waals surface area (Å²) in [6, 6.07) is 8.16. The smallest absolute Gasteiger partial charge is 0.184 e. The average molecular weight is 270 g/mol. The van der Waals surface area contributed by atoms with Gasteiger partial charge in [0.1, 0.15) is 5.82 Å². The summed E-state index contributed by atoms with van der Waals surface area (Å²) in [5.74, 6) is 0.791. The van der Waals surface area contributed by atoms with E-state index >= 15 is 0 Å². The maximum atomic E-state index is 4.61. The first-order chi connectivity index (χ1) is 9.22. The minimum atomic E-state index is 0.669. The molecule has 1 N–H and O–H groups in total. The normalized spacial score (nSPS) is 10.8. The second-order valence-corrected chi connectivity index (χ2v) is 5.42. The first-order valence-corrected chi connectivity index (χ1v) is 6.92. The molecule has 0 aliphatic carbocycles. The Hall–Kier alpha value is -2.01. The van der Waals surface area contributed by atoms with E-state index in [0.717, 1.165) is 22.2 Å². The lowest BCUT2D eigenvalue weighted by Crippen LogP contribution is -2.02. The number of hydrogen-bond acceptors (Lipinski definition) is 5. The van der Waals surface area contributed by atoms with Crippen LogP contribution in [0.1, 0.15) is 17.1 Å². The molecule has 0 bridgehead atoms. The van der Waals surface area contributed by atoms with Crippen LogP contribution in [-0.2, 0) is 6.54 Å². The molecule has 0 fully saturated rings. The number of para-hydroxylation sites is 1. The van der Waals surface area contributed by atoms with E-state index in [0.29, 0.717) is 6.54 Å². The van der Waals surface area contributed by atoms with Gasteiger partial charge in [-0.25, -0.2) is 15.0 Å². The molecule has 0 radical (unpaired) electrons. The quantitative estimate of drug-likeness (QED) is 0.793. The van der Waals surface area contributed by atoms with Gasteiger partial charge < -0.3 is 5.32 Å². The lowest BCUT2D eigenvalue weighted by atomic mass is 10.2. The minimum absolute atomic E-state index is 0.669. The van der Waals surface area contributed by atoms with Gasteiger partial charge in [-0.3, -0.25) is 0 Å². The Bertz CT molecular complexity index is 720. The van der Waals surface area contributed by atoms with Gasteiger partial charge in [-0.05, 0) is 31.5 Å². The fourth-order valence-corrected chi connectivity index (χ4v) is 2.87. The molecule has 3 rings (SSSR count). The van der Waals surface area contributed by atoms with E-state index in [1.807, 2.05) is 13.0 Å². The Balaban J connectivity index is 1.80. The number of anilines is 1. The van der Waals surface area contributed by atoms with Gasteiger partial charge in [0, 0.05) is 6.20 Å². The van der Waals surface area contributed by atoms with Gasteiger partial charge in [-0.15, -0.1) is 0 Å². The molecule has 19 heavy (non-hydrogen) atoms. The predicted octanol–water partition coefficient (Wildman–Crippen LogP) is 3.32. The highest BCUT2D eigenvalue weighted by molar-refractivity contribution is 7.22. The fraction of sp³-hybridized carbons (Fsp3) is 0.214. The van der Waals surface area contributed by atoms with Crippen LogP contribution in [0.2, 0.25) is 0 Å². The summed E-state index contributed by atoms with van der Waals surface area (Å²) in [6.45, 7) is 4.65. The van der Waals surface area contributed by atoms with Crippen molar-refractivity contribution in [3.8, 4) is 0 Å². The molecule has 0 aliphatic heterocycles. The second-order valence-electron chi connectivity index (χ2n) is 4.39. The van der Waals surface area contributed by atoms with Crippen LogP contribution >= 0.6 is 11.3 Å². The van der Waals surface area contributed by atoms with Crippen molar-refractivity contribution in [1.82, 2.24) is 15.0 Å². The maximum Gasteiger partial charge on any atom is 0.184 e. The highest BCUT2D eigenvalue weighted by Gasteiger charge is 2.05. The summed E-state index contributed by atoms with van der Waals surface area (Å²) in [5.41, 5.74) is 3.26. The molecular weight excluding hydrogens is 256 g/mol. The van der Waals surface area contributed by atoms with E-state index in [2.05, 4.69) is 45.4 Å². The summed E-state index contributed by atoms with van der Waals surface area (Å²) >= 11 is 1.67. The summed E-state index contributed by atoms with van der Waals surface area (Å²) in [5, 5.41) is 4.25. The molecule has 0 aliphatic rings. The lowest BCUT2D eigenvalue weighted by molar-refractivity contribution is 0.954. The SMILES string of the molecule is Cc1nccc(CNc2nc3c(C)cccc3s2)n1. The zero-order chi connectivity index (χ0) is 13.2. The zero-order valence-electron chi connectivity index (χ0n) is 10.8. The number of aromatic nitrogens is 3. The van der Waals surface area contributed by atoms with E-state index in [4.69, 9.17) is 0 Å². The Morgan fingerprint density at radius 2 is 2.05 bits per heavy atom. The molecule has 2 heterocycles. The maximum absolute atomic E-state index is 4.61. The third kappa shape index (κ3) is 2.56. The van der Waals surface area contributed by atoms with Crippen molar-refractivity contribution in [1.29, 1.82) is 0 Å². The van der Waals surface area contributed by atoms with Crippen molar-refractivity contribution in [2.24, 2.45) is 0 Å². The molecule has 0 saturated carbocycles. The molecule has 2 aromatic heterocycles. The van der Waals surface area contributed by atoms with Gasteiger partial charge in [0.2, 0.25) is 0 Å². The Kier molecular flexibility index (Phi) is 3.13. The largest absolute Gasteiger partial charge is 0.356 e. The van der Waals surface area contributed by atoms with Gasteiger partial charge >= 0.3 is 0 Å². The van der Waals surface area contributed by atoms with E-state index in [9.17, 15) is 0 Å². The van der Waals surface area contributed by atoms with Crippen LogP contribution in [0, 0.1) is 13.8 Å². The van der Waals surface area contributed by atoms with Crippen molar-refractivity contribution in [3.63, 3.8) is 0 Å². The van der Waals surface area contributed by atoms with Gasteiger partial charge in [0.15, 0.2) is 5.13 Å². The van der Waals surface area contributed by atoms with Crippen molar-refractivity contribution in [3.05, 3.63) is 47.5 Å². The van der Waals surface area contributed by atoms with Crippen LogP contribution in [0.15, 0.2) is 30.5 Å². The van der Waals surface area contributed by atoms with E-state index in [-0.39, 0.29) is 0 Å². The average Bonchev–Trinajstić information content (AvgIpc) is 2.81. The highest BCUT2D eigenvalue weighted by Crippen LogP contribution is 2.27. The van der Waals surface area contributed by atoms with Crippen molar-refractivity contribution >= 4 is 26.7 Å². The molecule has 0 unspecified atom stereocenters. The summed E-state index contributed by atoms with van der Waals surface area (Å²) in [4.78, 5) is 13.1. The lowest BCUT2D eigenvalue weighted by Gasteiger charge is -2.02. The second kappa shape index (κ2) is 4.93. The number of benzene rings is 1. The van der Waals surface area contributed by atoms with Gasteiger partial charge in [0.05, 0.1) is 22.5 Å². The molecule has 0 spiro atoms. The van der Waals surface area contributed by atoms with Crippen LogP contribution in [0.3, 0.4) is 0 Å². The number of fused-ring (bicyclic) bond motifs is 1. The number of nitrogens with one attached hydrogen (secondary N) is 1. The predicted molar refractivity (Wildman–Crippen MR) is 78.5 cm³/mol. The van der Waals surface area contributed by atoms with Crippen LogP contribution in [0.4, 0.5) is 5.13 Å². The molecule has 0 saturated heterocycles. The Labute approximate surface area is 115 Å². The number of nitrogens with zero attached hydrogens (tertiary/aromatic N) is 3. The first-order valence-electron chi connectivity index (χ1n) is 6.11. The molecule has 1 aromatic carbocycles. The molecule has 5 heteroatoms. The van der Waals surface area contributed by atoms with Crippen LogP contribution < -0.4 is 5.32 Å². The monoisotopic (exact) mass is 270 g/mol. The number of thiazole rings is 1. The number of hydrogen-bond donors (Lipinski definition) is 1. The minimum Gasteiger partial charge on any atom is -0.356 e. The standard InChI is InChI=1S/C14H14N4S/c1-9-4-3-5-12-13(9)18-14(19-12)16-8-11-6-7-15-10(2)17-11/h3-7H,8H2,1-2H3,(H,16,18). The van der Waals surface area contributed by atoms with E-state index in [1.165, 1.54) is 10.3 Å². The summed E-state index contributed by atoms with van der Waals surface area (Å²) in [6.07, 6.45) is 1.78. The molecule has 4 nitrogen and oxygen atoms in total. The molecular formula is C14H14N4S. The van der Waals surface area contributed by atoms with Gasteiger partial charge in [0.25, 0.3) is 0 Å². The fourth-order valence-electron chi connectivity index (χ4n) is 1.93. The van der Waals surface area contributed by atoms with Crippen molar-refractivity contribution < 1.29 is 0 Å². The third-order valence-electron chi connectivity index (χ3n) is 2.88. The third-order valence-corrected chi connectivity index (χ3v) is 3.85. The van der Waals surface area contributed by atoms with Crippen LogP contribution in [0.25, 0.3) is 10.2 Å². The Morgan fingerprint density at radius 3 is 2.84 bits per heavy atom. The van der Waals surface area contributed by atoms with Crippen LogP contribution in [0.5, 0.6) is 0 Å². The van der Waals surface area contributed by atoms with Crippen molar-refractivity contribution in [2.75, 3.05) is 5.32 Å². The zero-order valence-corrected chi connectivity index (χ0v) is 11.7. The molecule has 3 aromatic rings. The van der Waals surface area contributed by atoms with E-state index in [1.54, 1.807) is 17.5 Å². The summed E-state index contributed by atoms with van der Waals surface area (Å²) < 4.78 is 1.21. The van der Waals surface area contributed by atoms with Gasteiger partial charge in [-0.1, -0.05) is 23.5 Å². The van der Waals surface area contributed by atoms with Crippen molar-refractivity contribution in [2.45, 2.75) is 20.4 Å².